The minimum absolute atomic E-state index is 0.0824. The molecule has 0 saturated heterocycles. The van der Waals surface area contributed by atoms with E-state index in [1.165, 1.54) is 5.56 Å². The first-order valence-corrected chi connectivity index (χ1v) is 8.62. The third kappa shape index (κ3) is 5.54. The Kier molecular flexibility index (Phi) is 6.05. The van der Waals surface area contributed by atoms with Crippen molar-refractivity contribution in [3.63, 3.8) is 0 Å². The van der Waals surface area contributed by atoms with Crippen molar-refractivity contribution in [3.05, 3.63) is 29.8 Å². The van der Waals surface area contributed by atoms with Gasteiger partial charge in [-0.1, -0.05) is 39.3 Å². The van der Waals surface area contributed by atoms with Gasteiger partial charge in [0.1, 0.15) is 12.4 Å². The van der Waals surface area contributed by atoms with Crippen LogP contribution in [0.1, 0.15) is 52.0 Å². The van der Waals surface area contributed by atoms with Crippen LogP contribution in [0.25, 0.3) is 0 Å². The minimum Gasteiger partial charge on any atom is -0.492 e. The number of rotatable bonds is 6. The molecule has 4 nitrogen and oxygen atoms in total. The van der Waals surface area contributed by atoms with Crippen molar-refractivity contribution in [1.29, 1.82) is 0 Å². The Bertz CT molecular complexity index is 505. The molecule has 2 atom stereocenters. The lowest BCUT2D eigenvalue weighted by Gasteiger charge is -2.19. The van der Waals surface area contributed by atoms with Gasteiger partial charge in [-0.15, -0.1) is 0 Å². The fourth-order valence-corrected chi connectivity index (χ4v) is 3.04. The highest BCUT2D eigenvalue weighted by Crippen LogP contribution is 2.26. The number of nitrogens with one attached hydrogen (secondary N) is 1. The van der Waals surface area contributed by atoms with E-state index in [9.17, 15) is 4.79 Å². The number of carbonyl (C=O) groups is 1. The fraction of sp³-hybridized carbons (Fsp3) is 0.632. The van der Waals surface area contributed by atoms with Crippen LogP contribution < -0.4 is 15.8 Å². The molecule has 4 heteroatoms. The van der Waals surface area contributed by atoms with Crippen molar-refractivity contribution in [3.8, 4) is 5.75 Å². The summed E-state index contributed by atoms with van der Waals surface area (Å²) in [6.07, 6.45) is 3.81. The number of benzene rings is 1. The summed E-state index contributed by atoms with van der Waals surface area (Å²) < 4.78 is 5.68. The van der Waals surface area contributed by atoms with Crippen molar-refractivity contribution in [2.24, 2.45) is 11.7 Å². The highest BCUT2D eigenvalue weighted by molar-refractivity contribution is 5.76. The largest absolute Gasteiger partial charge is 0.492 e. The van der Waals surface area contributed by atoms with E-state index in [0.29, 0.717) is 25.5 Å². The second kappa shape index (κ2) is 7.82. The van der Waals surface area contributed by atoms with Crippen LogP contribution in [0, 0.1) is 5.92 Å². The van der Waals surface area contributed by atoms with Gasteiger partial charge in [0.25, 0.3) is 0 Å². The van der Waals surface area contributed by atoms with Crippen LogP contribution in [0.4, 0.5) is 0 Å². The maximum Gasteiger partial charge on any atom is 0.220 e. The van der Waals surface area contributed by atoms with Crippen LogP contribution in [0.2, 0.25) is 0 Å². The molecular weight excluding hydrogens is 288 g/mol. The normalized spacial score (nSPS) is 21.2. The standard InChI is InChI=1S/C19H30N2O2/c1-19(2,3)15-7-9-16(10-8-15)23-12-11-21-18(22)13-14-5-4-6-17(14)20/h7-10,14,17H,4-6,11-13,20H2,1-3H3,(H,21,22)/t14-,17+/m0/s1. The van der Waals surface area contributed by atoms with Gasteiger partial charge in [0, 0.05) is 12.5 Å². The van der Waals surface area contributed by atoms with Gasteiger partial charge in [-0.25, -0.2) is 0 Å². The van der Waals surface area contributed by atoms with Crippen LogP contribution in [-0.2, 0) is 10.2 Å². The first-order chi connectivity index (χ1) is 10.9. The molecule has 0 unspecified atom stereocenters. The quantitative estimate of drug-likeness (QED) is 0.793. The highest BCUT2D eigenvalue weighted by Gasteiger charge is 2.25. The minimum atomic E-state index is 0.0824. The fourth-order valence-electron chi connectivity index (χ4n) is 3.04. The molecule has 2 rings (SSSR count). The third-order valence-corrected chi connectivity index (χ3v) is 4.58. The number of amides is 1. The lowest BCUT2D eigenvalue weighted by molar-refractivity contribution is -0.122. The number of hydrogen-bond donors (Lipinski definition) is 2. The Hall–Kier alpha value is -1.55. The summed E-state index contributed by atoms with van der Waals surface area (Å²) in [5, 5.41) is 2.92. The van der Waals surface area contributed by atoms with Gasteiger partial charge < -0.3 is 15.8 Å². The van der Waals surface area contributed by atoms with Crippen molar-refractivity contribution in [2.75, 3.05) is 13.2 Å². The maximum absolute atomic E-state index is 11.9. The van der Waals surface area contributed by atoms with E-state index in [0.717, 1.165) is 25.0 Å². The molecular formula is C19H30N2O2. The molecule has 1 aliphatic carbocycles. The Balaban J connectivity index is 1.66. The highest BCUT2D eigenvalue weighted by atomic mass is 16.5. The molecule has 1 aliphatic rings. The van der Waals surface area contributed by atoms with Crippen LogP contribution in [0.15, 0.2) is 24.3 Å². The number of nitrogens with two attached hydrogens (primary N) is 1. The van der Waals surface area contributed by atoms with E-state index >= 15 is 0 Å². The van der Waals surface area contributed by atoms with Crippen molar-refractivity contribution in [1.82, 2.24) is 5.32 Å². The molecule has 0 aromatic heterocycles. The molecule has 1 saturated carbocycles. The first kappa shape index (κ1) is 17.8. The summed E-state index contributed by atoms with van der Waals surface area (Å²) >= 11 is 0. The molecule has 0 bridgehead atoms. The van der Waals surface area contributed by atoms with Crippen molar-refractivity contribution >= 4 is 5.91 Å². The molecule has 0 aliphatic heterocycles. The predicted molar refractivity (Wildman–Crippen MR) is 93.6 cm³/mol. The molecule has 1 fully saturated rings. The Morgan fingerprint density at radius 3 is 2.52 bits per heavy atom. The van der Waals surface area contributed by atoms with Crippen LogP contribution >= 0.6 is 0 Å². The summed E-state index contributed by atoms with van der Waals surface area (Å²) in [4.78, 5) is 11.9. The van der Waals surface area contributed by atoms with Gasteiger partial charge in [0.15, 0.2) is 0 Å². The second-order valence-corrected chi connectivity index (χ2v) is 7.53. The zero-order valence-electron chi connectivity index (χ0n) is 14.6. The zero-order chi connectivity index (χ0) is 16.9. The Labute approximate surface area is 139 Å². The van der Waals surface area contributed by atoms with Crippen molar-refractivity contribution in [2.45, 2.75) is 57.9 Å². The van der Waals surface area contributed by atoms with E-state index in [1.54, 1.807) is 0 Å². The summed E-state index contributed by atoms with van der Waals surface area (Å²) in [6.45, 7) is 7.58. The number of carbonyl (C=O) groups excluding carboxylic acids is 1. The monoisotopic (exact) mass is 318 g/mol. The smallest absolute Gasteiger partial charge is 0.220 e. The second-order valence-electron chi connectivity index (χ2n) is 7.53. The lowest BCUT2D eigenvalue weighted by atomic mass is 9.87. The Morgan fingerprint density at radius 1 is 1.26 bits per heavy atom. The van der Waals surface area contributed by atoms with Crippen LogP contribution in [0.3, 0.4) is 0 Å². The summed E-state index contributed by atoms with van der Waals surface area (Å²) in [5.41, 5.74) is 7.43. The lowest BCUT2D eigenvalue weighted by Crippen LogP contribution is -2.33. The summed E-state index contributed by atoms with van der Waals surface area (Å²) in [7, 11) is 0. The topological polar surface area (TPSA) is 64.3 Å². The van der Waals surface area contributed by atoms with Crippen LogP contribution in [0.5, 0.6) is 5.75 Å². The van der Waals surface area contributed by atoms with E-state index in [2.05, 4.69) is 38.2 Å². The molecule has 3 N–H and O–H groups in total. The van der Waals surface area contributed by atoms with Gasteiger partial charge in [-0.05, 0) is 41.9 Å². The maximum atomic E-state index is 11.9. The molecule has 1 aromatic carbocycles. The van der Waals surface area contributed by atoms with E-state index in [4.69, 9.17) is 10.5 Å². The molecule has 0 heterocycles. The van der Waals surface area contributed by atoms with Crippen molar-refractivity contribution < 1.29 is 9.53 Å². The van der Waals surface area contributed by atoms with E-state index in [1.807, 2.05) is 12.1 Å². The molecule has 0 spiro atoms. The zero-order valence-corrected chi connectivity index (χ0v) is 14.6. The molecule has 0 radical (unpaired) electrons. The summed E-state index contributed by atoms with van der Waals surface area (Å²) in [6, 6.07) is 8.35. The average molecular weight is 318 g/mol. The predicted octanol–water partition coefficient (Wildman–Crippen LogP) is 3.00. The molecule has 1 amide bonds. The third-order valence-electron chi connectivity index (χ3n) is 4.58. The number of hydrogen-bond acceptors (Lipinski definition) is 3. The average Bonchev–Trinajstić information content (AvgIpc) is 2.88. The van der Waals surface area contributed by atoms with E-state index < -0.39 is 0 Å². The van der Waals surface area contributed by atoms with Gasteiger partial charge in [-0.3, -0.25) is 4.79 Å². The van der Waals surface area contributed by atoms with Gasteiger partial charge in [-0.2, -0.15) is 0 Å². The number of ether oxygens (including phenoxy) is 1. The SMILES string of the molecule is CC(C)(C)c1ccc(OCCNC(=O)C[C@@H]2CCC[C@H]2N)cc1. The van der Waals surface area contributed by atoms with E-state index in [-0.39, 0.29) is 17.4 Å². The molecule has 1 aromatic rings. The molecule has 23 heavy (non-hydrogen) atoms. The van der Waals surface area contributed by atoms with Gasteiger partial charge in [0.05, 0.1) is 6.54 Å². The van der Waals surface area contributed by atoms with Crippen LogP contribution in [-0.4, -0.2) is 25.1 Å². The Morgan fingerprint density at radius 2 is 1.96 bits per heavy atom. The van der Waals surface area contributed by atoms with Gasteiger partial charge in [0.2, 0.25) is 5.91 Å². The molecule has 128 valence electrons. The summed E-state index contributed by atoms with van der Waals surface area (Å²) in [5.74, 6) is 1.27. The van der Waals surface area contributed by atoms with Gasteiger partial charge >= 0.3 is 0 Å². The first-order valence-electron chi connectivity index (χ1n) is 8.62.